The number of nitrogens with one attached hydrogen (secondary N) is 2. The maximum Gasteiger partial charge on any atom is 0.256 e. The van der Waals surface area contributed by atoms with E-state index in [-0.39, 0.29) is 5.91 Å². The largest absolute Gasteiger partial charge is 0.495 e. The Bertz CT molecular complexity index is 1040. The maximum absolute atomic E-state index is 13.2. The first-order valence-electron chi connectivity index (χ1n) is 8.35. The molecule has 1 amide bonds. The highest BCUT2D eigenvalue weighted by Gasteiger charge is 2.36. The van der Waals surface area contributed by atoms with Gasteiger partial charge in [0, 0.05) is 5.70 Å². The molecule has 27 heavy (non-hydrogen) atoms. The smallest absolute Gasteiger partial charge is 0.256 e. The summed E-state index contributed by atoms with van der Waals surface area (Å²) >= 11 is 0. The number of hydrogen-bond donors (Lipinski definition) is 2. The van der Waals surface area contributed by atoms with E-state index in [9.17, 15) is 4.79 Å². The standard InChI is InChI=1S/C18H18N6O3/c1-10-8-9-14(27-10)16-15(11(2)19-18-21-22-23-24(16)18)17(25)20-12-6-4-5-7-13(12)26-3/h4-9,16H,1-3H3,(H,20,25)(H,19,21,23). The number of benzene rings is 1. The Balaban J connectivity index is 1.75. The number of rotatable bonds is 4. The minimum absolute atomic E-state index is 0.301. The first-order chi connectivity index (χ1) is 13.1. The average Bonchev–Trinajstić information content (AvgIpc) is 3.29. The van der Waals surface area contributed by atoms with Crippen LogP contribution in [-0.4, -0.2) is 33.2 Å². The molecule has 0 saturated carbocycles. The Kier molecular flexibility index (Phi) is 4.11. The van der Waals surface area contributed by atoms with Crippen LogP contribution in [0.2, 0.25) is 0 Å². The number of aryl methyl sites for hydroxylation is 1. The number of methoxy groups -OCH3 is 1. The molecule has 1 aliphatic rings. The molecule has 0 aliphatic carbocycles. The number of aromatic nitrogens is 4. The molecule has 0 bridgehead atoms. The van der Waals surface area contributed by atoms with Crippen molar-refractivity contribution >= 4 is 17.5 Å². The molecule has 0 radical (unpaired) electrons. The fraction of sp³-hybridized carbons (Fsp3) is 0.222. The van der Waals surface area contributed by atoms with Crippen molar-refractivity contribution in [3.63, 3.8) is 0 Å². The van der Waals surface area contributed by atoms with E-state index in [0.717, 1.165) is 5.76 Å². The van der Waals surface area contributed by atoms with E-state index >= 15 is 0 Å². The molecule has 9 nitrogen and oxygen atoms in total. The van der Waals surface area contributed by atoms with Crippen molar-refractivity contribution in [2.45, 2.75) is 19.9 Å². The van der Waals surface area contributed by atoms with Crippen LogP contribution in [0.3, 0.4) is 0 Å². The van der Waals surface area contributed by atoms with Crippen LogP contribution in [-0.2, 0) is 4.79 Å². The maximum atomic E-state index is 13.2. The van der Waals surface area contributed by atoms with Gasteiger partial charge in [-0.15, -0.1) is 0 Å². The number of para-hydroxylation sites is 2. The summed E-state index contributed by atoms with van der Waals surface area (Å²) in [7, 11) is 1.56. The molecule has 0 saturated heterocycles. The predicted octanol–water partition coefficient (Wildman–Crippen LogP) is 2.51. The first kappa shape index (κ1) is 16.8. The highest BCUT2D eigenvalue weighted by atomic mass is 16.5. The van der Waals surface area contributed by atoms with Gasteiger partial charge in [-0.05, 0) is 48.5 Å². The second-order valence-corrected chi connectivity index (χ2v) is 6.12. The number of anilines is 2. The molecule has 1 atom stereocenters. The van der Waals surface area contributed by atoms with Gasteiger partial charge in [0.25, 0.3) is 5.91 Å². The van der Waals surface area contributed by atoms with Gasteiger partial charge in [-0.25, -0.2) is 0 Å². The molecule has 0 spiro atoms. The summed E-state index contributed by atoms with van der Waals surface area (Å²) in [5.74, 6) is 2.03. The van der Waals surface area contributed by atoms with Crippen LogP contribution in [0.25, 0.3) is 0 Å². The molecule has 4 rings (SSSR count). The first-order valence-corrected chi connectivity index (χ1v) is 8.35. The van der Waals surface area contributed by atoms with Gasteiger partial charge in [-0.2, -0.15) is 4.68 Å². The zero-order valence-electron chi connectivity index (χ0n) is 15.1. The fourth-order valence-corrected chi connectivity index (χ4v) is 3.11. The highest BCUT2D eigenvalue weighted by molar-refractivity contribution is 6.06. The van der Waals surface area contributed by atoms with Gasteiger partial charge < -0.3 is 19.8 Å². The van der Waals surface area contributed by atoms with E-state index in [4.69, 9.17) is 9.15 Å². The third-order valence-corrected chi connectivity index (χ3v) is 4.34. The Morgan fingerprint density at radius 1 is 1.26 bits per heavy atom. The summed E-state index contributed by atoms with van der Waals surface area (Å²) in [5, 5.41) is 17.7. The number of carbonyl (C=O) groups excluding carboxylic acids is 1. The third-order valence-electron chi connectivity index (χ3n) is 4.34. The van der Waals surface area contributed by atoms with Gasteiger partial charge in [-0.3, -0.25) is 4.79 Å². The van der Waals surface area contributed by atoms with Crippen molar-refractivity contribution in [2.75, 3.05) is 17.7 Å². The summed E-state index contributed by atoms with van der Waals surface area (Å²) in [4.78, 5) is 13.2. The Morgan fingerprint density at radius 2 is 2.07 bits per heavy atom. The highest BCUT2D eigenvalue weighted by Crippen LogP contribution is 2.36. The number of ether oxygens (including phenoxy) is 1. The normalized spacial score (nSPS) is 15.9. The van der Waals surface area contributed by atoms with E-state index in [1.165, 1.54) is 4.68 Å². The second-order valence-electron chi connectivity index (χ2n) is 6.12. The topological polar surface area (TPSA) is 107 Å². The minimum atomic E-state index is -0.584. The lowest BCUT2D eigenvalue weighted by Crippen LogP contribution is -2.31. The number of allylic oxidation sites excluding steroid dienone is 1. The minimum Gasteiger partial charge on any atom is -0.495 e. The molecule has 2 aromatic heterocycles. The van der Waals surface area contributed by atoms with Gasteiger partial charge in [0.1, 0.15) is 23.3 Å². The Labute approximate surface area is 155 Å². The molecule has 138 valence electrons. The van der Waals surface area contributed by atoms with Crippen molar-refractivity contribution < 1.29 is 13.9 Å². The SMILES string of the molecule is COc1ccccc1NC(=O)C1=C(C)Nc2nnnn2C1c1ccc(C)o1. The summed E-state index contributed by atoms with van der Waals surface area (Å²) in [6.45, 7) is 3.65. The number of amides is 1. The van der Waals surface area contributed by atoms with Crippen LogP contribution < -0.4 is 15.4 Å². The van der Waals surface area contributed by atoms with E-state index in [0.29, 0.717) is 34.4 Å². The molecule has 1 unspecified atom stereocenters. The van der Waals surface area contributed by atoms with Crippen molar-refractivity contribution in [2.24, 2.45) is 0 Å². The number of carbonyl (C=O) groups is 1. The lowest BCUT2D eigenvalue weighted by molar-refractivity contribution is -0.113. The summed E-state index contributed by atoms with van der Waals surface area (Å²) in [5.41, 5.74) is 1.67. The summed E-state index contributed by atoms with van der Waals surface area (Å²) in [6, 6.07) is 10.3. The molecule has 1 aromatic carbocycles. The zero-order valence-corrected chi connectivity index (χ0v) is 15.1. The third kappa shape index (κ3) is 2.92. The van der Waals surface area contributed by atoms with Crippen LogP contribution in [0, 0.1) is 6.92 Å². The molecule has 1 aliphatic heterocycles. The fourth-order valence-electron chi connectivity index (χ4n) is 3.11. The number of nitrogens with zero attached hydrogens (tertiary/aromatic N) is 4. The predicted molar refractivity (Wildman–Crippen MR) is 97.3 cm³/mol. The lowest BCUT2D eigenvalue weighted by Gasteiger charge is -2.26. The molecule has 9 heteroatoms. The van der Waals surface area contributed by atoms with E-state index < -0.39 is 6.04 Å². The average molecular weight is 366 g/mol. The van der Waals surface area contributed by atoms with Crippen molar-refractivity contribution in [3.8, 4) is 5.75 Å². The van der Waals surface area contributed by atoms with Crippen LogP contribution in [0.1, 0.15) is 24.5 Å². The molecular formula is C18H18N6O3. The molecule has 2 N–H and O–H groups in total. The van der Waals surface area contributed by atoms with Crippen molar-refractivity contribution in [3.05, 3.63) is 59.2 Å². The lowest BCUT2D eigenvalue weighted by atomic mass is 10.00. The van der Waals surface area contributed by atoms with E-state index in [2.05, 4.69) is 26.2 Å². The molecule has 3 aromatic rings. The van der Waals surface area contributed by atoms with Gasteiger partial charge in [0.2, 0.25) is 5.95 Å². The van der Waals surface area contributed by atoms with Gasteiger partial charge in [-0.1, -0.05) is 17.2 Å². The Hall–Kier alpha value is -3.62. The second kappa shape index (κ2) is 6.60. The van der Waals surface area contributed by atoms with Gasteiger partial charge in [0.05, 0.1) is 18.4 Å². The van der Waals surface area contributed by atoms with E-state index in [1.807, 2.05) is 31.2 Å². The summed E-state index contributed by atoms with van der Waals surface area (Å²) in [6.07, 6.45) is 0. The number of tetrazole rings is 1. The molecule has 0 fully saturated rings. The van der Waals surface area contributed by atoms with Crippen LogP contribution in [0.15, 0.2) is 52.1 Å². The molecule has 3 heterocycles. The monoisotopic (exact) mass is 366 g/mol. The van der Waals surface area contributed by atoms with Crippen LogP contribution >= 0.6 is 0 Å². The summed E-state index contributed by atoms with van der Waals surface area (Å²) < 4.78 is 12.6. The van der Waals surface area contributed by atoms with E-state index in [1.54, 1.807) is 26.2 Å². The van der Waals surface area contributed by atoms with Crippen LogP contribution in [0.5, 0.6) is 5.75 Å². The van der Waals surface area contributed by atoms with Gasteiger partial charge >= 0.3 is 0 Å². The quantitative estimate of drug-likeness (QED) is 0.730. The molecular weight excluding hydrogens is 348 g/mol. The Morgan fingerprint density at radius 3 is 2.81 bits per heavy atom. The van der Waals surface area contributed by atoms with Crippen molar-refractivity contribution in [1.82, 2.24) is 20.2 Å². The number of fused-ring (bicyclic) bond motifs is 1. The number of furan rings is 1. The number of hydrogen-bond acceptors (Lipinski definition) is 7. The van der Waals surface area contributed by atoms with Gasteiger partial charge in [0.15, 0.2) is 0 Å². The zero-order chi connectivity index (χ0) is 19.0. The van der Waals surface area contributed by atoms with Crippen molar-refractivity contribution in [1.29, 1.82) is 0 Å². The van der Waals surface area contributed by atoms with Crippen LogP contribution in [0.4, 0.5) is 11.6 Å².